The molecule has 0 atom stereocenters. The van der Waals surface area contributed by atoms with E-state index in [-0.39, 0.29) is 0 Å². The third-order valence-electron chi connectivity index (χ3n) is 1.71. The van der Waals surface area contributed by atoms with Crippen molar-refractivity contribution in [3.8, 4) is 6.07 Å². The van der Waals surface area contributed by atoms with Crippen LogP contribution >= 0.6 is 0 Å². The third-order valence-corrected chi connectivity index (χ3v) is 1.71. The minimum Gasteiger partial charge on any atom is -0.464 e. The number of hydrogen-bond acceptors (Lipinski definition) is 4. The number of pyridine rings is 1. The Balaban J connectivity index is 3.36. The summed E-state index contributed by atoms with van der Waals surface area (Å²) in [6.07, 6.45) is -1.79. The Morgan fingerprint density at radius 2 is 2.33 bits per heavy atom. The highest BCUT2D eigenvalue weighted by Gasteiger charge is 2.21. The summed E-state index contributed by atoms with van der Waals surface area (Å²) in [5, 5.41) is 8.66. The van der Waals surface area contributed by atoms with E-state index >= 15 is 0 Å². The number of halogens is 2. The number of aromatic nitrogens is 1. The molecule has 0 aromatic carbocycles. The normalized spacial score (nSPS) is 9.80. The number of nitrogens with zero attached hydrogens (tertiary/aromatic N) is 2. The molecule has 0 saturated heterocycles. The van der Waals surface area contributed by atoms with Gasteiger partial charge in [-0.25, -0.2) is 18.6 Å². The standard InChI is InChI=1S/C9H6F2N2O2/c1-15-9(14)7-6(4-12)5(8(10)11)2-3-13-7/h2-3,8H,1H3. The van der Waals surface area contributed by atoms with E-state index in [1.54, 1.807) is 0 Å². The van der Waals surface area contributed by atoms with E-state index in [1.807, 2.05) is 0 Å². The summed E-state index contributed by atoms with van der Waals surface area (Å²) in [5.41, 5.74) is -1.36. The maximum atomic E-state index is 12.4. The molecule has 1 heterocycles. The number of esters is 1. The van der Waals surface area contributed by atoms with E-state index in [4.69, 9.17) is 5.26 Å². The van der Waals surface area contributed by atoms with Gasteiger partial charge in [-0.15, -0.1) is 0 Å². The lowest BCUT2D eigenvalue weighted by atomic mass is 10.1. The Labute approximate surface area is 84.1 Å². The summed E-state index contributed by atoms with van der Waals surface area (Å²) in [6.45, 7) is 0. The summed E-state index contributed by atoms with van der Waals surface area (Å²) in [7, 11) is 1.08. The number of nitriles is 1. The molecule has 0 aliphatic heterocycles. The molecule has 6 heteroatoms. The van der Waals surface area contributed by atoms with Crippen LogP contribution in [0, 0.1) is 11.3 Å². The van der Waals surface area contributed by atoms with Crippen molar-refractivity contribution in [2.75, 3.05) is 7.11 Å². The van der Waals surface area contributed by atoms with Gasteiger partial charge in [0.05, 0.1) is 12.7 Å². The van der Waals surface area contributed by atoms with E-state index in [0.717, 1.165) is 19.4 Å². The molecule has 78 valence electrons. The molecule has 0 unspecified atom stereocenters. The number of carbonyl (C=O) groups is 1. The second-order valence-corrected chi connectivity index (χ2v) is 2.53. The highest BCUT2D eigenvalue weighted by molar-refractivity contribution is 5.90. The first kappa shape index (κ1) is 11.0. The molecular weight excluding hydrogens is 206 g/mol. The smallest absolute Gasteiger partial charge is 0.358 e. The molecule has 0 amide bonds. The fourth-order valence-corrected chi connectivity index (χ4v) is 1.03. The molecule has 1 aromatic heterocycles. The number of alkyl halides is 2. The zero-order valence-electron chi connectivity index (χ0n) is 7.70. The van der Waals surface area contributed by atoms with Crippen molar-refractivity contribution in [1.82, 2.24) is 4.98 Å². The van der Waals surface area contributed by atoms with E-state index < -0.39 is 29.2 Å². The molecule has 15 heavy (non-hydrogen) atoms. The first-order valence-electron chi connectivity index (χ1n) is 3.87. The van der Waals surface area contributed by atoms with Crippen molar-refractivity contribution in [3.63, 3.8) is 0 Å². The van der Waals surface area contributed by atoms with Gasteiger partial charge in [-0.05, 0) is 6.07 Å². The minimum absolute atomic E-state index is 0.391. The largest absolute Gasteiger partial charge is 0.464 e. The quantitative estimate of drug-likeness (QED) is 0.699. The van der Waals surface area contributed by atoms with E-state index in [2.05, 4.69) is 9.72 Å². The molecule has 0 spiro atoms. The highest BCUT2D eigenvalue weighted by atomic mass is 19.3. The molecule has 4 nitrogen and oxygen atoms in total. The van der Waals surface area contributed by atoms with Crippen LogP contribution in [0.25, 0.3) is 0 Å². The molecule has 0 N–H and O–H groups in total. The molecule has 0 saturated carbocycles. The van der Waals surface area contributed by atoms with Crippen molar-refractivity contribution in [1.29, 1.82) is 5.26 Å². The topological polar surface area (TPSA) is 63.0 Å². The number of ether oxygens (including phenoxy) is 1. The fourth-order valence-electron chi connectivity index (χ4n) is 1.03. The monoisotopic (exact) mass is 212 g/mol. The molecule has 0 radical (unpaired) electrons. The Morgan fingerprint density at radius 1 is 1.67 bits per heavy atom. The summed E-state index contributed by atoms with van der Waals surface area (Å²) in [6, 6.07) is 2.51. The number of rotatable bonds is 2. The maximum absolute atomic E-state index is 12.4. The summed E-state index contributed by atoms with van der Waals surface area (Å²) in [4.78, 5) is 14.6. The molecule has 0 aliphatic rings. The second-order valence-electron chi connectivity index (χ2n) is 2.53. The van der Waals surface area contributed by atoms with Gasteiger partial charge in [-0.1, -0.05) is 0 Å². The predicted octanol–water partition coefficient (Wildman–Crippen LogP) is 1.68. The number of methoxy groups -OCH3 is 1. The average molecular weight is 212 g/mol. The van der Waals surface area contributed by atoms with Crippen LogP contribution < -0.4 is 0 Å². The van der Waals surface area contributed by atoms with Crippen LogP contribution in [-0.4, -0.2) is 18.1 Å². The van der Waals surface area contributed by atoms with Gasteiger partial charge in [0.1, 0.15) is 6.07 Å². The molecule has 0 fully saturated rings. The van der Waals surface area contributed by atoms with E-state index in [9.17, 15) is 13.6 Å². The fraction of sp³-hybridized carbons (Fsp3) is 0.222. The van der Waals surface area contributed by atoms with Crippen LogP contribution in [0.1, 0.15) is 28.0 Å². The molecule has 0 bridgehead atoms. The minimum atomic E-state index is -2.83. The maximum Gasteiger partial charge on any atom is 0.358 e. The molecule has 0 aliphatic carbocycles. The van der Waals surface area contributed by atoms with Crippen LogP contribution in [0.2, 0.25) is 0 Å². The van der Waals surface area contributed by atoms with Crippen molar-refractivity contribution >= 4 is 5.97 Å². The molecular formula is C9H6F2N2O2. The zero-order chi connectivity index (χ0) is 11.4. The van der Waals surface area contributed by atoms with Crippen LogP contribution in [0.15, 0.2) is 12.3 Å². The van der Waals surface area contributed by atoms with Gasteiger partial charge in [-0.2, -0.15) is 5.26 Å². The van der Waals surface area contributed by atoms with E-state index in [0.29, 0.717) is 0 Å². The Bertz CT molecular complexity index is 427. The van der Waals surface area contributed by atoms with Gasteiger partial charge in [0.2, 0.25) is 0 Å². The van der Waals surface area contributed by atoms with Crippen molar-refractivity contribution < 1.29 is 18.3 Å². The molecule has 1 aromatic rings. The van der Waals surface area contributed by atoms with Crippen LogP contribution in [0.3, 0.4) is 0 Å². The first-order chi connectivity index (χ1) is 7.11. The van der Waals surface area contributed by atoms with Crippen LogP contribution in [-0.2, 0) is 4.74 Å². The average Bonchev–Trinajstić information content (AvgIpc) is 2.26. The zero-order valence-corrected chi connectivity index (χ0v) is 7.70. The summed E-state index contributed by atoms with van der Waals surface area (Å²) in [5.74, 6) is -0.908. The number of hydrogen-bond donors (Lipinski definition) is 0. The van der Waals surface area contributed by atoms with Gasteiger partial charge >= 0.3 is 5.97 Å². The highest BCUT2D eigenvalue weighted by Crippen LogP contribution is 2.23. The lowest BCUT2D eigenvalue weighted by Gasteiger charge is -2.05. The van der Waals surface area contributed by atoms with Crippen LogP contribution in [0.5, 0.6) is 0 Å². The van der Waals surface area contributed by atoms with Gasteiger partial charge < -0.3 is 4.74 Å². The molecule has 1 rings (SSSR count). The summed E-state index contributed by atoms with van der Waals surface area (Å²) < 4.78 is 29.2. The van der Waals surface area contributed by atoms with E-state index in [1.165, 1.54) is 6.07 Å². The lowest BCUT2D eigenvalue weighted by molar-refractivity contribution is 0.0593. The van der Waals surface area contributed by atoms with Gasteiger partial charge in [0.25, 0.3) is 6.43 Å². The van der Waals surface area contributed by atoms with Gasteiger partial charge in [0.15, 0.2) is 5.69 Å². The van der Waals surface area contributed by atoms with Gasteiger partial charge in [0, 0.05) is 11.8 Å². The first-order valence-corrected chi connectivity index (χ1v) is 3.87. The SMILES string of the molecule is COC(=O)c1nccc(C(F)F)c1C#N. The van der Waals surface area contributed by atoms with Crippen LogP contribution in [0.4, 0.5) is 8.78 Å². The van der Waals surface area contributed by atoms with Gasteiger partial charge in [-0.3, -0.25) is 0 Å². The summed E-state index contributed by atoms with van der Waals surface area (Å²) >= 11 is 0. The van der Waals surface area contributed by atoms with Crippen molar-refractivity contribution in [3.05, 3.63) is 29.1 Å². The Morgan fingerprint density at radius 3 is 2.80 bits per heavy atom. The second kappa shape index (κ2) is 4.46. The predicted molar refractivity (Wildman–Crippen MR) is 45.2 cm³/mol. The van der Waals surface area contributed by atoms with Crippen molar-refractivity contribution in [2.24, 2.45) is 0 Å². The number of carbonyl (C=O) groups excluding carboxylic acids is 1. The lowest BCUT2D eigenvalue weighted by Crippen LogP contribution is -2.09. The Kier molecular flexibility index (Phi) is 3.29. The van der Waals surface area contributed by atoms with Crippen molar-refractivity contribution in [2.45, 2.75) is 6.43 Å². The Hall–Kier alpha value is -2.03. The third kappa shape index (κ3) is 2.07.